The van der Waals surface area contributed by atoms with Crippen molar-refractivity contribution in [1.29, 1.82) is 0 Å². The molecule has 31 heavy (non-hydrogen) atoms. The van der Waals surface area contributed by atoms with Gasteiger partial charge in [0.15, 0.2) is 5.69 Å². The van der Waals surface area contributed by atoms with E-state index in [0.29, 0.717) is 29.8 Å². The van der Waals surface area contributed by atoms with Crippen LogP contribution in [0, 0.1) is 17.8 Å². The third kappa shape index (κ3) is 3.36. The summed E-state index contributed by atoms with van der Waals surface area (Å²) >= 11 is 12.4. The summed E-state index contributed by atoms with van der Waals surface area (Å²) in [7, 11) is 0. The number of rotatable bonds is 6. The number of halogens is 2. The van der Waals surface area contributed by atoms with Crippen LogP contribution in [0.5, 0.6) is 0 Å². The fourth-order valence-electron chi connectivity index (χ4n) is 4.89. The molecule has 5 atom stereocenters. The maximum Gasteiger partial charge on any atom is 0.269 e. The Kier molecular flexibility index (Phi) is 4.71. The Bertz CT molecular complexity index is 1100. The van der Waals surface area contributed by atoms with Crippen LogP contribution >= 0.6 is 23.2 Å². The Labute approximate surface area is 189 Å². The van der Waals surface area contributed by atoms with Gasteiger partial charge < -0.3 is 16.0 Å². The number of hydrogen-bond acceptors (Lipinski definition) is 4. The van der Waals surface area contributed by atoms with E-state index in [-0.39, 0.29) is 41.9 Å². The largest absolute Gasteiger partial charge is 0.364 e. The molecular weight excluding hydrogens is 441 g/mol. The molecule has 2 saturated carbocycles. The second kappa shape index (κ2) is 7.10. The van der Waals surface area contributed by atoms with Crippen LogP contribution < -0.4 is 11.1 Å². The number of para-hydroxylation sites is 1. The second-order valence-corrected chi connectivity index (χ2v) is 10.3. The highest BCUT2D eigenvalue weighted by Gasteiger charge is 2.60. The fourth-order valence-corrected chi connectivity index (χ4v) is 5.60. The number of carbonyl (C=O) groups is 3. The van der Waals surface area contributed by atoms with Gasteiger partial charge in [0, 0.05) is 23.9 Å². The van der Waals surface area contributed by atoms with Crippen molar-refractivity contribution in [1.82, 2.24) is 20.0 Å². The third-order valence-corrected chi connectivity index (χ3v) is 8.21. The molecule has 1 aromatic carbocycles. The van der Waals surface area contributed by atoms with E-state index in [2.05, 4.69) is 10.4 Å². The molecule has 3 fully saturated rings. The van der Waals surface area contributed by atoms with Crippen LogP contribution in [0.25, 0.3) is 10.9 Å². The van der Waals surface area contributed by atoms with Crippen molar-refractivity contribution in [3.8, 4) is 0 Å². The van der Waals surface area contributed by atoms with Gasteiger partial charge in [-0.1, -0.05) is 25.1 Å². The number of nitrogens with zero attached hydrogens (tertiary/aromatic N) is 3. The van der Waals surface area contributed by atoms with E-state index in [1.54, 1.807) is 23.1 Å². The number of aromatic nitrogens is 2. The smallest absolute Gasteiger partial charge is 0.269 e. The summed E-state index contributed by atoms with van der Waals surface area (Å²) in [5, 5.41) is 7.80. The molecule has 2 aromatic rings. The van der Waals surface area contributed by atoms with Gasteiger partial charge in [0.2, 0.25) is 11.8 Å². The van der Waals surface area contributed by atoms with Crippen LogP contribution in [0.1, 0.15) is 30.3 Å². The first-order valence-corrected chi connectivity index (χ1v) is 11.2. The minimum Gasteiger partial charge on any atom is -0.364 e. The van der Waals surface area contributed by atoms with Crippen molar-refractivity contribution >= 4 is 51.8 Å². The van der Waals surface area contributed by atoms with Crippen molar-refractivity contribution in [2.75, 3.05) is 6.54 Å². The van der Waals surface area contributed by atoms with Crippen LogP contribution in [0.3, 0.4) is 0 Å². The lowest BCUT2D eigenvalue weighted by Crippen LogP contribution is -2.49. The van der Waals surface area contributed by atoms with Crippen molar-refractivity contribution in [3.63, 3.8) is 0 Å². The number of benzene rings is 1. The lowest BCUT2D eigenvalue weighted by Gasteiger charge is -2.27. The highest BCUT2D eigenvalue weighted by molar-refractivity contribution is 6.51. The first kappa shape index (κ1) is 20.6. The average molecular weight is 464 g/mol. The molecule has 3 amide bonds. The van der Waals surface area contributed by atoms with E-state index >= 15 is 0 Å². The van der Waals surface area contributed by atoms with Crippen LogP contribution in [0.15, 0.2) is 24.3 Å². The van der Waals surface area contributed by atoms with Gasteiger partial charge in [0.1, 0.15) is 16.9 Å². The van der Waals surface area contributed by atoms with Gasteiger partial charge in [0.25, 0.3) is 5.91 Å². The molecule has 1 saturated heterocycles. The molecule has 2 aliphatic carbocycles. The van der Waals surface area contributed by atoms with Gasteiger partial charge in [-0.3, -0.25) is 19.1 Å². The number of nitrogens with one attached hydrogen (secondary N) is 1. The maximum absolute atomic E-state index is 13.2. The SMILES string of the molecule is C[C@@H]1[C@H](CNC(=O)[C@@H]2C[C@H]3C[C@H]3N2C(=O)Cn2nc(C(N)=O)c3ccccc32)C1(Cl)Cl. The van der Waals surface area contributed by atoms with E-state index in [1.165, 1.54) is 4.68 Å². The van der Waals surface area contributed by atoms with E-state index in [1.807, 2.05) is 13.0 Å². The van der Waals surface area contributed by atoms with Crippen LogP contribution in [0.2, 0.25) is 0 Å². The van der Waals surface area contributed by atoms with Crippen molar-refractivity contribution in [3.05, 3.63) is 30.0 Å². The minimum atomic E-state index is -0.792. The number of primary amides is 1. The summed E-state index contributed by atoms with van der Waals surface area (Å²) in [5.41, 5.74) is 6.23. The Morgan fingerprint density at radius 1 is 1.26 bits per heavy atom. The first-order chi connectivity index (χ1) is 14.7. The average Bonchev–Trinajstić information content (AvgIpc) is 3.44. The number of piperidine rings is 1. The highest BCUT2D eigenvalue weighted by Crippen LogP contribution is 2.58. The molecule has 1 aliphatic heterocycles. The van der Waals surface area contributed by atoms with Crippen LogP contribution in [-0.2, 0) is 16.1 Å². The Hall–Kier alpha value is -2.32. The molecule has 2 heterocycles. The zero-order valence-electron chi connectivity index (χ0n) is 16.9. The summed E-state index contributed by atoms with van der Waals surface area (Å²) < 4.78 is 0.698. The maximum atomic E-state index is 13.2. The van der Waals surface area contributed by atoms with Gasteiger partial charge in [-0.25, -0.2) is 0 Å². The fraction of sp³-hybridized carbons (Fsp3) is 0.524. The van der Waals surface area contributed by atoms with Gasteiger partial charge in [-0.2, -0.15) is 5.10 Å². The second-order valence-electron chi connectivity index (χ2n) is 8.82. The number of likely N-dealkylation sites (tertiary alicyclic amines) is 1. The molecule has 10 heteroatoms. The number of hydrogen-bond donors (Lipinski definition) is 2. The molecule has 3 aliphatic rings. The van der Waals surface area contributed by atoms with E-state index < -0.39 is 16.3 Å². The molecular formula is C21H23Cl2N5O3. The van der Waals surface area contributed by atoms with Crippen molar-refractivity contribution in [2.24, 2.45) is 23.5 Å². The number of fused-ring (bicyclic) bond motifs is 2. The predicted octanol–water partition coefficient (Wildman–Crippen LogP) is 1.68. The summed E-state index contributed by atoms with van der Waals surface area (Å²) in [4.78, 5) is 39.5. The van der Waals surface area contributed by atoms with E-state index in [4.69, 9.17) is 28.9 Å². The molecule has 5 rings (SSSR count). The van der Waals surface area contributed by atoms with Crippen molar-refractivity contribution in [2.45, 2.75) is 42.7 Å². The molecule has 8 nitrogen and oxygen atoms in total. The van der Waals surface area contributed by atoms with E-state index in [0.717, 1.165) is 6.42 Å². The zero-order valence-corrected chi connectivity index (χ0v) is 18.4. The predicted molar refractivity (Wildman–Crippen MR) is 115 cm³/mol. The normalized spacial score (nSPS) is 30.2. The van der Waals surface area contributed by atoms with Crippen molar-refractivity contribution < 1.29 is 14.4 Å². The van der Waals surface area contributed by atoms with Gasteiger partial charge in [-0.05, 0) is 30.7 Å². The number of carbonyl (C=O) groups excluding carboxylic acids is 3. The third-order valence-electron chi connectivity index (χ3n) is 6.96. The van der Waals surface area contributed by atoms with Gasteiger partial charge in [0.05, 0.1) is 5.52 Å². The quantitative estimate of drug-likeness (QED) is 0.634. The topological polar surface area (TPSA) is 110 Å². The summed E-state index contributed by atoms with van der Waals surface area (Å²) in [6, 6.07) is 6.71. The Balaban J connectivity index is 1.31. The number of nitrogens with two attached hydrogens (primary N) is 1. The van der Waals surface area contributed by atoms with Crippen LogP contribution in [0.4, 0.5) is 0 Å². The van der Waals surface area contributed by atoms with Gasteiger partial charge in [-0.15, -0.1) is 23.2 Å². The van der Waals surface area contributed by atoms with Crippen LogP contribution in [-0.4, -0.2) is 55.4 Å². The highest BCUT2D eigenvalue weighted by atomic mass is 35.5. The molecule has 0 spiro atoms. The molecule has 164 valence electrons. The zero-order chi connectivity index (χ0) is 22.1. The molecule has 0 radical (unpaired) electrons. The molecule has 3 N–H and O–H groups in total. The lowest BCUT2D eigenvalue weighted by atomic mass is 10.1. The Morgan fingerprint density at radius 3 is 2.65 bits per heavy atom. The van der Waals surface area contributed by atoms with E-state index in [9.17, 15) is 14.4 Å². The minimum absolute atomic E-state index is 0.0162. The summed E-state index contributed by atoms with van der Waals surface area (Å²) in [6.45, 7) is 2.28. The summed E-state index contributed by atoms with van der Waals surface area (Å²) in [5.74, 6) is -0.520. The number of amides is 3. The lowest BCUT2D eigenvalue weighted by molar-refractivity contribution is -0.140. The summed E-state index contributed by atoms with van der Waals surface area (Å²) in [6.07, 6.45) is 1.57. The molecule has 1 aromatic heterocycles. The first-order valence-electron chi connectivity index (χ1n) is 10.4. The molecule has 0 bridgehead atoms. The number of alkyl halides is 2. The van der Waals surface area contributed by atoms with Gasteiger partial charge >= 0.3 is 0 Å². The monoisotopic (exact) mass is 463 g/mol. The standard InChI is InChI=1S/C21H23Cl2N5O3/c1-10-13(21(10,22)23)8-25-20(31)16-7-11-6-15(11)28(16)17(29)9-27-14-5-3-2-4-12(14)18(26-27)19(24)30/h2-5,10-11,13,15-16H,6-9H2,1H3,(H2,24,30)(H,25,31)/t10-,11-,13+,15-,16+/m1/s1. The molecule has 0 unspecified atom stereocenters. The Morgan fingerprint density at radius 2 is 1.97 bits per heavy atom.